The molecule has 2 aliphatic heterocycles. The van der Waals surface area contributed by atoms with E-state index in [4.69, 9.17) is 0 Å². The van der Waals surface area contributed by atoms with Gasteiger partial charge in [-0.15, -0.1) is 0 Å². The predicted octanol–water partition coefficient (Wildman–Crippen LogP) is 0.462. The first kappa shape index (κ1) is 24.5. The summed E-state index contributed by atoms with van der Waals surface area (Å²) >= 11 is 0. The van der Waals surface area contributed by atoms with Crippen molar-refractivity contribution in [1.82, 2.24) is 24.5 Å². The summed E-state index contributed by atoms with van der Waals surface area (Å²) in [6.45, 7) is 3.20. The zero-order valence-electron chi connectivity index (χ0n) is 19.4. The lowest BCUT2D eigenvalue weighted by Crippen LogP contribution is -2.42. The molecule has 4 rings (SSSR count). The molecule has 1 amide bonds. The van der Waals surface area contributed by atoms with Crippen molar-refractivity contribution in [2.75, 3.05) is 44.3 Å². The van der Waals surface area contributed by atoms with E-state index >= 15 is 0 Å². The average molecular weight is 489 g/mol. The van der Waals surface area contributed by atoms with E-state index in [0.717, 1.165) is 19.5 Å². The molecule has 2 aromatic rings. The second kappa shape index (κ2) is 10.8. The van der Waals surface area contributed by atoms with Gasteiger partial charge in [0.1, 0.15) is 17.8 Å². The van der Waals surface area contributed by atoms with E-state index in [1.807, 2.05) is 6.07 Å². The normalized spacial score (nSPS) is 18.8. The first-order valence-electron chi connectivity index (χ1n) is 11.6. The minimum atomic E-state index is -3.17. The van der Waals surface area contributed by atoms with Gasteiger partial charge in [0.15, 0.2) is 0 Å². The average Bonchev–Trinajstić information content (AvgIpc) is 2.82. The summed E-state index contributed by atoms with van der Waals surface area (Å²) in [5, 5.41) is 16.5. The molecular weight excluding hydrogens is 456 g/mol. The number of anilines is 1. The predicted molar refractivity (Wildman–Crippen MR) is 129 cm³/mol. The van der Waals surface area contributed by atoms with Gasteiger partial charge in [0.2, 0.25) is 10.0 Å². The van der Waals surface area contributed by atoms with Crippen LogP contribution in [-0.2, 0) is 23.0 Å². The van der Waals surface area contributed by atoms with Crippen molar-refractivity contribution in [1.29, 1.82) is 0 Å². The number of fused-ring (bicyclic) bond motifs is 1. The Kier molecular flexibility index (Phi) is 7.77. The Hall–Kier alpha value is -2.60. The monoisotopic (exact) mass is 488 g/mol. The number of nitrogens with zero attached hydrogens (tertiary/aromatic N) is 4. The minimum Gasteiger partial charge on any atom is -0.390 e. The molecule has 34 heavy (non-hydrogen) atoms. The van der Waals surface area contributed by atoms with Gasteiger partial charge < -0.3 is 15.7 Å². The maximum absolute atomic E-state index is 12.6. The topological polar surface area (TPSA) is 128 Å². The molecular formula is C23H32N6O4S. The van der Waals surface area contributed by atoms with Gasteiger partial charge >= 0.3 is 0 Å². The van der Waals surface area contributed by atoms with Crippen molar-refractivity contribution in [2.24, 2.45) is 0 Å². The molecule has 10 nitrogen and oxygen atoms in total. The van der Waals surface area contributed by atoms with E-state index in [1.54, 1.807) is 6.07 Å². The molecule has 11 heteroatoms. The zero-order valence-corrected chi connectivity index (χ0v) is 20.2. The molecule has 0 saturated carbocycles. The van der Waals surface area contributed by atoms with Crippen LogP contribution in [0.1, 0.15) is 34.5 Å². The first-order valence-corrected chi connectivity index (χ1v) is 13.4. The minimum absolute atomic E-state index is 0.0697. The third kappa shape index (κ3) is 6.50. The molecule has 1 atom stereocenters. The van der Waals surface area contributed by atoms with Gasteiger partial charge in [0.05, 0.1) is 12.4 Å². The number of β-amino-alcohol motifs (C(OH)–C–C–N with tert-alkyl or cyclic N) is 1. The molecule has 1 aromatic carbocycles. The standard InChI is InChI=1S/C23H32N6O4S/c1-34(32,33)29-10-7-19(8-11-29)27-22-12-21(25-16-26-22)23(31)24-13-20(30)15-28-9-6-17-4-2-3-5-18(17)14-28/h2-5,12,16,19-20,30H,6-11,13-15H2,1H3,(H,24,31)(H,25,26,27). The number of piperidine rings is 1. The van der Waals surface area contributed by atoms with E-state index < -0.39 is 16.1 Å². The lowest BCUT2D eigenvalue weighted by atomic mass is 10.00. The SMILES string of the molecule is CS(=O)(=O)N1CCC(Nc2cc(C(=O)NCC(O)CN3CCc4ccccc4C3)ncn2)CC1. The molecule has 3 N–H and O–H groups in total. The number of carbonyl (C=O) groups excluding carboxylic acids is 1. The Morgan fingerprint density at radius 2 is 1.91 bits per heavy atom. The first-order chi connectivity index (χ1) is 16.3. The van der Waals surface area contributed by atoms with Crippen LogP contribution in [0.5, 0.6) is 0 Å². The number of aromatic nitrogens is 2. The highest BCUT2D eigenvalue weighted by Crippen LogP contribution is 2.19. The van der Waals surface area contributed by atoms with E-state index in [9.17, 15) is 18.3 Å². The molecule has 3 heterocycles. The molecule has 0 radical (unpaired) electrons. The van der Waals surface area contributed by atoms with Crippen LogP contribution >= 0.6 is 0 Å². The number of nitrogens with one attached hydrogen (secondary N) is 2. The highest BCUT2D eigenvalue weighted by Gasteiger charge is 2.25. The van der Waals surface area contributed by atoms with Gasteiger partial charge in [-0.3, -0.25) is 9.69 Å². The summed E-state index contributed by atoms with van der Waals surface area (Å²) in [6, 6.07) is 9.99. The second-order valence-electron chi connectivity index (χ2n) is 8.99. The maximum atomic E-state index is 12.6. The molecule has 1 saturated heterocycles. The molecule has 184 valence electrons. The molecule has 0 aliphatic carbocycles. The molecule has 0 bridgehead atoms. The number of rotatable bonds is 8. The van der Waals surface area contributed by atoms with Crippen LogP contribution < -0.4 is 10.6 Å². The summed E-state index contributed by atoms with van der Waals surface area (Å²) in [5.41, 5.74) is 2.86. The number of carbonyl (C=O) groups is 1. The molecule has 1 unspecified atom stereocenters. The Morgan fingerprint density at radius 3 is 2.65 bits per heavy atom. The molecule has 0 spiro atoms. The lowest BCUT2D eigenvalue weighted by molar-refractivity contribution is 0.0838. The van der Waals surface area contributed by atoms with E-state index in [-0.39, 0.29) is 24.2 Å². The van der Waals surface area contributed by atoms with Crippen molar-refractivity contribution >= 4 is 21.7 Å². The zero-order chi connectivity index (χ0) is 24.1. The smallest absolute Gasteiger partial charge is 0.270 e. The van der Waals surface area contributed by atoms with Gasteiger partial charge in [0.25, 0.3) is 5.91 Å². The fourth-order valence-electron chi connectivity index (χ4n) is 4.47. The summed E-state index contributed by atoms with van der Waals surface area (Å²) < 4.78 is 24.8. The molecule has 1 fully saturated rings. The van der Waals surface area contributed by atoms with Crippen molar-refractivity contribution < 1.29 is 18.3 Å². The number of benzene rings is 1. The maximum Gasteiger partial charge on any atom is 0.270 e. The fourth-order valence-corrected chi connectivity index (χ4v) is 5.35. The number of hydrogen-bond acceptors (Lipinski definition) is 8. The Balaban J connectivity index is 1.23. The summed E-state index contributed by atoms with van der Waals surface area (Å²) in [6.07, 6.45) is 4.13. The van der Waals surface area contributed by atoms with Crippen LogP contribution in [0.4, 0.5) is 5.82 Å². The van der Waals surface area contributed by atoms with Gasteiger partial charge in [-0.05, 0) is 30.4 Å². The van der Waals surface area contributed by atoms with Crippen LogP contribution in [0.15, 0.2) is 36.7 Å². The summed E-state index contributed by atoms with van der Waals surface area (Å²) in [7, 11) is -3.17. The van der Waals surface area contributed by atoms with Crippen molar-refractivity contribution in [3.05, 3.63) is 53.5 Å². The number of aliphatic hydroxyl groups excluding tert-OH is 1. The van der Waals surface area contributed by atoms with Crippen molar-refractivity contribution in [3.8, 4) is 0 Å². The largest absolute Gasteiger partial charge is 0.390 e. The van der Waals surface area contributed by atoms with Gasteiger partial charge in [-0.2, -0.15) is 0 Å². The lowest BCUT2D eigenvalue weighted by Gasteiger charge is -2.30. The van der Waals surface area contributed by atoms with E-state index in [1.165, 1.54) is 28.0 Å². The van der Waals surface area contributed by atoms with Crippen molar-refractivity contribution in [2.45, 2.75) is 38.0 Å². The van der Waals surface area contributed by atoms with Gasteiger partial charge in [-0.25, -0.2) is 22.7 Å². The van der Waals surface area contributed by atoms with Crippen LogP contribution in [0.2, 0.25) is 0 Å². The van der Waals surface area contributed by atoms with Crippen molar-refractivity contribution in [3.63, 3.8) is 0 Å². The van der Waals surface area contributed by atoms with Gasteiger partial charge in [-0.1, -0.05) is 24.3 Å². The summed E-state index contributed by atoms with van der Waals surface area (Å²) in [5.74, 6) is 0.144. The number of aliphatic hydroxyl groups is 1. The quantitative estimate of drug-likeness (QED) is 0.489. The summed E-state index contributed by atoms with van der Waals surface area (Å²) in [4.78, 5) is 23.0. The van der Waals surface area contributed by atoms with Crippen LogP contribution in [-0.4, -0.2) is 89.7 Å². The highest BCUT2D eigenvalue weighted by molar-refractivity contribution is 7.88. The van der Waals surface area contributed by atoms with Crippen LogP contribution in [0.3, 0.4) is 0 Å². The van der Waals surface area contributed by atoms with Gasteiger partial charge in [0, 0.05) is 51.4 Å². The molecule has 1 aromatic heterocycles. The Labute approximate surface area is 200 Å². The Bertz CT molecular complexity index is 1100. The third-order valence-electron chi connectivity index (χ3n) is 6.35. The fraction of sp³-hybridized carbons (Fsp3) is 0.522. The van der Waals surface area contributed by atoms with Crippen LogP contribution in [0.25, 0.3) is 0 Å². The van der Waals surface area contributed by atoms with Crippen LogP contribution in [0, 0.1) is 0 Å². The third-order valence-corrected chi connectivity index (χ3v) is 7.65. The second-order valence-corrected chi connectivity index (χ2v) is 11.0. The van der Waals surface area contributed by atoms with E-state index in [2.05, 4.69) is 43.7 Å². The number of hydrogen-bond donors (Lipinski definition) is 3. The van der Waals surface area contributed by atoms with E-state index in [0.29, 0.717) is 38.3 Å². The number of sulfonamides is 1. The number of amides is 1. The Morgan fingerprint density at radius 1 is 1.18 bits per heavy atom. The highest BCUT2D eigenvalue weighted by atomic mass is 32.2. The molecule has 2 aliphatic rings.